The maximum absolute atomic E-state index is 5.87. The monoisotopic (exact) mass is 277 g/mol. The van der Waals surface area contributed by atoms with Gasteiger partial charge in [-0.2, -0.15) is 0 Å². The van der Waals surface area contributed by atoms with Crippen LogP contribution in [0.2, 0.25) is 0 Å². The van der Waals surface area contributed by atoms with Crippen LogP contribution in [0, 0.1) is 5.92 Å². The van der Waals surface area contributed by atoms with Crippen molar-refractivity contribution >= 4 is 0 Å². The van der Waals surface area contributed by atoms with Crippen molar-refractivity contribution in [1.29, 1.82) is 0 Å². The van der Waals surface area contributed by atoms with Crippen LogP contribution in [-0.4, -0.2) is 27.4 Å². The van der Waals surface area contributed by atoms with E-state index in [-0.39, 0.29) is 12.1 Å². The third-order valence-electron chi connectivity index (χ3n) is 4.48. The number of rotatable bonds is 6. The van der Waals surface area contributed by atoms with Gasteiger partial charge in [-0.05, 0) is 43.5 Å². The van der Waals surface area contributed by atoms with Gasteiger partial charge in [0, 0.05) is 7.11 Å². The van der Waals surface area contributed by atoms with Crippen LogP contribution in [-0.2, 0) is 4.74 Å². The fourth-order valence-electron chi connectivity index (χ4n) is 3.42. The quantitative estimate of drug-likeness (QED) is 0.862. The Bertz CT molecular complexity index is 402. The van der Waals surface area contributed by atoms with E-state index >= 15 is 0 Å². The smallest absolute Gasteiger partial charge is 0.119 e. The molecule has 0 saturated heterocycles. The molecule has 1 aromatic rings. The minimum absolute atomic E-state index is 0.221. The zero-order valence-electron chi connectivity index (χ0n) is 12.9. The number of likely N-dealkylation sites (N-methyl/N-ethyl adjacent to an activating group) is 1. The summed E-state index contributed by atoms with van der Waals surface area (Å²) in [5.74, 6) is 1.55. The first-order chi connectivity index (χ1) is 9.80. The van der Waals surface area contributed by atoms with Crippen LogP contribution in [0.1, 0.15) is 43.7 Å². The van der Waals surface area contributed by atoms with E-state index in [0.717, 1.165) is 5.75 Å². The lowest BCUT2D eigenvalue weighted by Crippen LogP contribution is -2.37. The van der Waals surface area contributed by atoms with Crippen molar-refractivity contribution in [3.63, 3.8) is 0 Å². The summed E-state index contributed by atoms with van der Waals surface area (Å²) >= 11 is 0. The molecule has 112 valence electrons. The van der Waals surface area contributed by atoms with Crippen molar-refractivity contribution in [2.24, 2.45) is 5.92 Å². The Kier molecular flexibility index (Phi) is 5.86. The van der Waals surface area contributed by atoms with Gasteiger partial charge in [0.05, 0.1) is 19.3 Å². The van der Waals surface area contributed by atoms with Crippen LogP contribution in [0.5, 0.6) is 5.75 Å². The summed E-state index contributed by atoms with van der Waals surface area (Å²) in [7, 11) is 5.56. The average molecular weight is 277 g/mol. The molecular weight excluding hydrogens is 250 g/mol. The summed E-state index contributed by atoms with van der Waals surface area (Å²) < 4.78 is 11.2. The summed E-state index contributed by atoms with van der Waals surface area (Å²) in [5.41, 5.74) is 1.24. The van der Waals surface area contributed by atoms with Crippen LogP contribution < -0.4 is 10.1 Å². The number of ether oxygens (including phenoxy) is 2. The average Bonchev–Trinajstić information content (AvgIpc) is 2.53. The second-order valence-corrected chi connectivity index (χ2v) is 5.64. The molecule has 3 nitrogen and oxygen atoms in total. The van der Waals surface area contributed by atoms with Crippen molar-refractivity contribution in [3.05, 3.63) is 29.8 Å². The maximum atomic E-state index is 5.87. The van der Waals surface area contributed by atoms with E-state index in [9.17, 15) is 0 Å². The van der Waals surface area contributed by atoms with Crippen LogP contribution in [0.25, 0.3) is 0 Å². The lowest BCUT2D eigenvalue weighted by molar-refractivity contribution is 0.00937. The number of nitrogens with one attached hydrogen (secondary N) is 1. The highest BCUT2D eigenvalue weighted by molar-refractivity contribution is 5.31. The van der Waals surface area contributed by atoms with E-state index in [2.05, 4.69) is 17.4 Å². The minimum atomic E-state index is 0.221. The van der Waals surface area contributed by atoms with E-state index < -0.39 is 0 Å². The molecule has 0 aliphatic heterocycles. The first kappa shape index (κ1) is 15.3. The fraction of sp³-hybridized carbons (Fsp3) is 0.647. The molecule has 0 aromatic heterocycles. The molecule has 20 heavy (non-hydrogen) atoms. The molecule has 3 heteroatoms. The van der Waals surface area contributed by atoms with E-state index in [1.807, 2.05) is 26.3 Å². The molecule has 0 heterocycles. The van der Waals surface area contributed by atoms with Gasteiger partial charge in [-0.3, -0.25) is 0 Å². The lowest BCUT2D eigenvalue weighted by Gasteiger charge is -2.35. The Labute approximate surface area is 122 Å². The van der Waals surface area contributed by atoms with E-state index in [1.54, 1.807) is 7.11 Å². The fourth-order valence-corrected chi connectivity index (χ4v) is 3.42. The van der Waals surface area contributed by atoms with Crippen molar-refractivity contribution in [3.8, 4) is 5.75 Å². The molecule has 1 N–H and O–H groups in total. The Balaban J connectivity index is 2.18. The van der Waals surface area contributed by atoms with Gasteiger partial charge in [0.2, 0.25) is 0 Å². The Morgan fingerprint density at radius 1 is 1.15 bits per heavy atom. The Hall–Kier alpha value is -1.06. The zero-order valence-corrected chi connectivity index (χ0v) is 12.9. The van der Waals surface area contributed by atoms with Crippen molar-refractivity contribution in [1.82, 2.24) is 5.32 Å². The van der Waals surface area contributed by atoms with Gasteiger partial charge >= 0.3 is 0 Å². The Morgan fingerprint density at radius 3 is 2.50 bits per heavy atom. The first-order valence-corrected chi connectivity index (χ1v) is 7.64. The second kappa shape index (κ2) is 7.65. The third-order valence-corrected chi connectivity index (χ3v) is 4.48. The van der Waals surface area contributed by atoms with Crippen LogP contribution in [0.15, 0.2) is 24.3 Å². The molecule has 0 bridgehead atoms. The van der Waals surface area contributed by atoms with Crippen molar-refractivity contribution in [2.45, 2.75) is 44.2 Å². The molecule has 1 aliphatic rings. The summed E-state index contributed by atoms with van der Waals surface area (Å²) in [5, 5.41) is 3.44. The van der Waals surface area contributed by atoms with Crippen LogP contribution in [0.3, 0.4) is 0 Å². The highest BCUT2D eigenvalue weighted by atomic mass is 16.5. The second-order valence-electron chi connectivity index (χ2n) is 5.64. The highest BCUT2D eigenvalue weighted by Crippen LogP contribution is 2.34. The van der Waals surface area contributed by atoms with Crippen LogP contribution in [0.4, 0.5) is 0 Å². The van der Waals surface area contributed by atoms with Gasteiger partial charge in [0.25, 0.3) is 0 Å². The molecule has 1 aromatic carbocycles. The van der Waals surface area contributed by atoms with Gasteiger partial charge in [-0.1, -0.05) is 31.4 Å². The largest absolute Gasteiger partial charge is 0.497 e. The van der Waals surface area contributed by atoms with E-state index in [4.69, 9.17) is 9.47 Å². The Morgan fingerprint density at radius 2 is 1.90 bits per heavy atom. The van der Waals surface area contributed by atoms with Crippen molar-refractivity contribution < 1.29 is 9.47 Å². The van der Waals surface area contributed by atoms with Gasteiger partial charge < -0.3 is 14.8 Å². The predicted octanol–water partition coefficient (Wildman–Crippen LogP) is 3.55. The summed E-state index contributed by atoms with van der Waals surface area (Å²) in [4.78, 5) is 0. The van der Waals surface area contributed by atoms with Gasteiger partial charge in [0.1, 0.15) is 5.75 Å². The molecule has 2 unspecified atom stereocenters. The SMILES string of the molecule is CNC(c1cccc(OC)c1)C(OC)C1CCCCC1. The van der Waals surface area contributed by atoms with Gasteiger partial charge in [-0.15, -0.1) is 0 Å². The van der Waals surface area contributed by atoms with Gasteiger partial charge in [-0.25, -0.2) is 0 Å². The van der Waals surface area contributed by atoms with E-state index in [1.165, 1.54) is 37.7 Å². The summed E-state index contributed by atoms with van der Waals surface area (Å²) in [6.07, 6.45) is 6.82. The molecule has 0 radical (unpaired) electrons. The number of benzene rings is 1. The molecule has 2 atom stereocenters. The molecule has 1 aliphatic carbocycles. The molecular formula is C17H27NO2. The maximum Gasteiger partial charge on any atom is 0.119 e. The normalized spacial score (nSPS) is 19.6. The molecule has 2 rings (SSSR count). The minimum Gasteiger partial charge on any atom is -0.497 e. The van der Waals surface area contributed by atoms with Crippen molar-refractivity contribution in [2.75, 3.05) is 21.3 Å². The number of hydrogen-bond donors (Lipinski definition) is 1. The summed E-state index contributed by atoms with van der Waals surface area (Å²) in [6, 6.07) is 8.51. The summed E-state index contributed by atoms with van der Waals surface area (Å²) in [6.45, 7) is 0. The molecule has 0 spiro atoms. The topological polar surface area (TPSA) is 30.5 Å². The predicted molar refractivity (Wildman–Crippen MR) is 82.2 cm³/mol. The van der Waals surface area contributed by atoms with Gasteiger partial charge in [0.15, 0.2) is 0 Å². The van der Waals surface area contributed by atoms with Crippen LogP contribution >= 0.6 is 0 Å². The number of hydrogen-bond acceptors (Lipinski definition) is 3. The van der Waals surface area contributed by atoms with E-state index in [0.29, 0.717) is 5.92 Å². The number of methoxy groups -OCH3 is 2. The molecule has 0 amide bonds. The third kappa shape index (κ3) is 3.53. The highest BCUT2D eigenvalue weighted by Gasteiger charge is 2.30. The standard InChI is InChI=1S/C17H27NO2/c1-18-16(14-10-7-11-15(12-14)19-2)17(20-3)13-8-5-4-6-9-13/h7,10-13,16-18H,4-6,8-9H2,1-3H3. The first-order valence-electron chi connectivity index (χ1n) is 7.64. The lowest BCUT2D eigenvalue weighted by atomic mass is 9.81. The molecule has 1 fully saturated rings. The molecule has 1 saturated carbocycles. The zero-order chi connectivity index (χ0) is 14.4.